The maximum atomic E-state index is 6.53. The zero-order valence-electron chi connectivity index (χ0n) is 15.5. The quantitative estimate of drug-likeness (QED) is 0.533. The van der Waals surface area contributed by atoms with Crippen molar-refractivity contribution in [3.05, 3.63) is 64.9 Å². The van der Waals surface area contributed by atoms with Gasteiger partial charge in [0.15, 0.2) is 17.0 Å². The molecule has 0 unspecified atom stereocenters. The van der Waals surface area contributed by atoms with Gasteiger partial charge in [-0.25, -0.2) is 15.0 Å². The Labute approximate surface area is 178 Å². The number of nitrogens with zero attached hydrogens (tertiary/aromatic N) is 5. The smallest absolute Gasteiger partial charge is 0.170 e. The summed E-state index contributed by atoms with van der Waals surface area (Å²) in [7, 11) is 0. The van der Waals surface area contributed by atoms with Crippen molar-refractivity contribution in [1.29, 1.82) is 0 Å². The summed E-state index contributed by atoms with van der Waals surface area (Å²) in [6.07, 6.45) is 1.60. The second kappa shape index (κ2) is 7.63. The molecule has 1 aliphatic heterocycles. The van der Waals surface area contributed by atoms with Gasteiger partial charge in [0.25, 0.3) is 0 Å². The maximum absolute atomic E-state index is 6.53. The van der Waals surface area contributed by atoms with Crippen molar-refractivity contribution >= 4 is 40.2 Å². The van der Waals surface area contributed by atoms with E-state index < -0.39 is 0 Å². The molecule has 8 heteroatoms. The highest BCUT2D eigenvalue weighted by atomic mass is 35.5. The van der Waals surface area contributed by atoms with E-state index >= 15 is 0 Å². The summed E-state index contributed by atoms with van der Waals surface area (Å²) < 4.78 is 2.01. The second-order valence-electron chi connectivity index (χ2n) is 6.83. The summed E-state index contributed by atoms with van der Waals surface area (Å²) in [5.41, 5.74) is 3.26. The van der Waals surface area contributed by atoms with Gasteiger partial charge in [0.1, 0.15) is 12.2 Å². The summed E-state index contributed by atoms with van der Waals surface area (Å²) in [6, 6.07) is 15.3. The lowest BCUT2D eigenvalue weighted by atomic mass is 10.2. The average Bonchev–Trinajstić information content (AvgIpc) is 3.14. The van der Waals surface area contributed by atoms with E-state index in [2.05, 4.69) is 20.2 Å². The fraction of sp³-hybridized carbons (Fsp3) is 0.190. The number of hydrogen-bond acceptors (Lipinski definition) is 5. The number of halogens is 2. The molecule has 6 nitrogen and oxygen atoms in total. The van der Waals surface area contributed by atoms with Crippen LogP contribution in [0.1, 0.15) is 0 Å². The van der Waals surface area contributed by atoms with Crippen LogP contribution in [0.2, 0.25) is 10.0 Å². The summed E-state index contributed by atoms with van der Waals surface area (Å²) >= 11 is 12.6. The molecule has 1 N–H and O–H groups in total. The van der Waals surface area contributed by atoms with Crippen LogP contribution >= 0.6 is 23.2 Å². The van der Waals surface area contributed by atoms with E-state index in [1.165, 1.54) is 0 Å². The van der Waals surface area contributed by atoms with Gasteiger partial charge in [0.2, 0.25) is 0 Å². The minimum atomic E-state index is 0.634. The number of rotatable bonds is 3. The summed E-state index contributed by atoms with van der Waals surface area (Å²) in [5, 5.41) is 4.68. The molecule has 1 aliphatic rings. The number of imidazole rings is 1. The van der Waals surface area contributed by atoms with Crippen molar-refractivity contribution in [3.8, 4) is 17.1 Å². The van der Waals surface area contributed by atoms with Crippen LogP contribution < -0.4 is 10.2 Å². The van der Waals surface area contributed by atoms with E-state index in [4.69, 9.17) is 28.2 Å². The minimum absolute atomic E-state index is 0.634. The fourth-order valence-corrected chi connectivity index (χ4v) is 3.99. The first-order valence-electron chi connectivity index (χ1n) is 9.42. The molecule has 0 amide bonds. The molecule has 1 saturated heterocycles. The predicted octanol–water partition coefficient (Wildman–Crippen LogP) is 4.20. The lowest BCUT2D eigenvalue weighted by molar-refractivity contribution is 0.586. The summed E-state index contributed by atoms with van der Waals surface area (Å²) in [5.74, 6) is 1.57. The topological polar surface area (TPSA) is 58.9 Å². The van der Waals surface area contributed by atoms with Gasteiger partial charge in [-0.2, -0.15) is 0 Å². The molecule has 0 bridgehead atoms. The molecule has 5 rings (SSSR count). The van der Waals surface area contributed by atoms with Crippen molar-refractivity contribution in [3.63, 3.8) is 0 Å². The van der Waals surface area contributed by atoms with Crippen LogP contribution in [0.5, 0.6) is 0 Å². The Bertz CT molecular complexity index is 1170. The minimum Gasteiger partial charge on any atom is -0.352 e. The predicted molar refractivity (Wildman–Crippen MR) is 117 cm³/mol. The molecule has 2 aromatic heterocycles. The van der Waals surface area contributed by atoms with E-state index in [0.717, 1.165) is 60.2 Å². The van der Waals surface area contributed by atoms with Crippen molar-refractivity contribution in [2.75, 3.05) is 31.1 Å². The van der Waals surface area contributed by atoms with Crippen LogP contribution in [-0.2, 0) is 0 Å². The van der Waals surface area contributed by atoms with Gasteiger partial charge >= 0.3 is 0 Å². The summed E-state index contributed by atoms with van der Waals surface area (Å²) in [6.45, 7) is 3.59. The fourth-order valence-electron chi connectivity index (χ4n) is 3.65. The normalized spacial score (nSPS) is 14.5. The highest BCUT2D eigenvalue weighted by Gasteiger charge is 2.23. The van der Waals surface area contributed by atoms with Crippen molar-refractivity contribution in [2.24, 2.45) is 0 Å². The standard InChI is InChI=1S/C21H18Cl2N6/c22-14-5-7-15(8-6-14)29-19(16-3-1-2-4-17(16)23)27-18-20(25-13-26-21(18)29)28-11-9-24-10-12-28/h1-8,13,24H,9-12H2. The number of hydrogen-bond donors (Lipinski definition) is 1. The Hall–Kier alpha value is -2.67. The lowest BCUT2D eigenvalue weighted by Gasteiger charge is -2.28. The Morgan fingerprint density at radius 3 is 2.41 bits per heavy atom. The molecule has 4 aromatic rings. The first-order chi connectivity index (χ1) is 14.2. The summed E-state index contributed by atoms with van der Waals surface area (Å²) in [4.78, 5) is 16.4. The van der Waals surface area contributed by atoms with E-state index in [1.807, 2.05) is 53.1 Å². The number of nitrogens with one attached hydrogen (secondary N) is 1. The molecular weight excluding hydrogens is 407 g/mol. The number of piperazine rings is 1. The van der Waals surface area contributed by atoms with Crippen LogP contribution in [0, 0.1) is 0 Å². The van der Waals surface area contributed by atoms with Crippen LogP contribution in [0.25, 0.3) is 28.2 Å². The third-order valence-corrected chi connectivity index (χ3v) is 5.62. The Balaban J connectivity index is 1.79. The molecule has 2 aromatic carbocycles. The van der Waals surface area contributed by atoms with Crippen molar-refractivity contribution in [2.45, 2.75) is 0 Å². The molecule has 0 atom stereocenters. The molecule has 3 heterocycles. The van der Waals surface area contributed by atoms with Gasteiger partial charge in [-0.05, 0) is 36.4 Å². The Kier molecular flexibility index (Phi) is 4.83. The van der Waals surface area contributed by atoms with Gasteiger partial charge < -0.3 is 10.2 Å². The zero-order valence-corrected chi connectivity index (χ0v) is 17.0. The molecule has 0 radical (unpaired) electrons. The number of fused-ring (bicyclic) bond motifs is 1. The monoisotopic (exact) mass is 424 g/mol. The van der Waals surface area contributed by atoms with E-state index in [-0.39, 0.29) is 0 Å². The van der Waals surface area contributed by atoms with Gasteiger partial charge in [-0.15, -0.1) is 0 Å². The molecule has 0 saturated carbocycles. The highest BCUT2D eigenvalue weighted by molar-refractivity contribution is 6.33. The van der Waals surface area contributed by atoms with Gasteiger partial charge in [-0.3, -0.25) is 4.57 Å². The Morgan fingerprint density at radius 1 is 0.897 bits per heavy atom. The van der Waals surface area contributed by atoms with E-state index in [1.54, 1.807) is 6.33 Å². The van der Waals surface area contributed by atoms with E-state index in [0.29, 0.717) is 10.0 Å². The number of benzene rings is 2. The van der Waals surface area contributed by atoms with Crippen LogP contribution in [0.4, 0.5) is 5.82 Å². The van der Waals surface area contributed by atoms with Crippen LogP contribution in [-0.4, -0.2) is 45.7 Å². The largest absolute Gasteiger partial charge is 0.352 e. The van der Waals surface area contributed by atoms with Crippen molar-refractivity contribution < 1.29 is 0 Å². The SMILES string of the molecule is Clc1ccc(-n2c(-c3ccccc3Cl)nc3c(N4CCNCC4)ncnc32)cc1. The molecule has 29 heavy (non-hydrogen) atoms. The first kappa shape index (κ1) is 18.4. The highest BCUT2D eigenvalue weighted by Crippen LogP contribution is 2.34. The lowest BCUT2D eigenvalue weighted by Crippen LogP contribution is -2.44. The molecule has 146 valence electrons. The van der Waals surface area contributed by atoms with Crippen molar-refractivity contribution in [1.82, 2.24) is 24.8 Å². The third-order valence-electron chi connectivity index (χ3n) is 5.04. The van der Waals surface area contributed by atoms with E-state index in [9.17, 15) is 0 Å². The molecule has 1 fully saturated rings. The first-order valence-corrected chi connectivity index (χ1v) is 10.2. The molecule has 0 spiro atoms. The average molecular weight is 425 g/mol. The zero-order chi connectivity index (χ0) is 19.8. The van der Waals surface area contributed by atoms with Gasteiger partial charge in [0.05, 0.1) is 5.02 Å². The van der Waals surface area contributed by atoms with Gasteiger partial charge in [0, 0.05) is 42.5 Å². The third kappa shape index (κ3) is 3.33. The second-order valence-corrected chi connectivity index (χ2v) is 7.68. The number of anilines is 1. The molecule has 0 aliphatic carbocycles. The van der Waals surface area contributed by atoms with Gasteiger partial charge in [-0.1, -0.05) is 35.3 Å². The van der Waals surface area contributed by atoms with Crippen LogP contribution in [0.3, 0.4) is 0 Å². The maximum Gasteiger partial charge on any atom is 0.170 e. The number of aromatic nitrogens is 4. The molecular formula is C21H18Cl2N6. The Morgan fingerprint density at radius 2 is 1.66 bits per heavy atom. The van der Waals surface area contributed by atoms with Crippen LogP contribution in [0.15, 0.2) is 54.9 Å².